The number of benzene rings is 2. The number of hydrogen-bond acceptors (Lipinski definition) is 2. The van der Waals surface area contributed by atoms with E-state index in [0.717, 1.165) is 35.7 Å². The average molecular weight is 288 g/mol. The van der Waals surface area contributed by atoms with Crippen molar-refractivity contribution < 1.29 is 4.74 Å². The summed E-state index contributed by atoms with van der Waals surface area (Å²) in [5.74, 6) is 0.926. The van der Waals surface area contributed by atoms with Gasteiger partial charge >= 0.3 is 0 Å². The van der Waals surface area contributed by atoms with Crippen LogP contribution in [-0.2, 0) is 13.0 Å². The zero-order chi connectivity index (χ0) is 13.9. The Morgan fingerprint density at radius 3 is 2.90 bits per heavy atom. The van der Waals surface area contributed by atoms with Crippen molar-refractivity contribution in [1.29, 1.82) is 0 Å². The van der Waals surface area contributed by atoms with Gasteiger partial charge in [-0.15, -0.1) is 0 Å². The Kier molecular flexibility index (Phi) is 3.95. The number of halogens is 1. The molecule has 20 heavy (non-hydrogen) atoms. The fourth-order valence-electron chi connectivity index (χ4n) is 2.79. The highest BCUT2D eigenvalue weighted by atomic mass is 35.5. The summed E-state index contributed by atoms with van der Waals surface area (Å²) in [5, 5.41) is 4.43. The summed E-state index contributed by atoms with van der Waals surface area (Å²) in [4.78, 5) is 0. The molecule has 1 aliphatic carbocycles. The molecule has 1 unspecified atom stereocenters. The summed E-state index contributed by atoms with van der Waals surface area (Å²) >= 11 is 6.20. The standard InChI is InChI=1S/C17H18ClNO/c1-20-14-8-6-12-7-9-17(15(12)10-14)19-11-13-4-2-3-5-16(13)18/h2-6,8,10,17,19H,7,9,11H2,1H3. The lowest BCUT2D eigenvalue weighted by Crippen LogP contribution is -2.18. The van der Waals surface area contributed by atoms with Gasteiger partial charge in [-0.1, -0.05) is 35.9 Å². The van der Waals surface area contributed by atoms with Crippen molar-refractivity contribution in [1.82, 2.24) is 5.32 Å². The minimum atomic E-state index is 0.386. The van der Waals surface area contributed by atoms with Crippen LogP contribution < -0.4 is 10.1 Å². The van der Waals surface area contributed by atoms with Crippen LogP contribution in [0.25, 0.3) is 0 Å². The highest BCUT2D eigenvalue weighted by Crippen LogP contribution is 2.34. The highest BCUT2D eigenvalue weighted by molar-refractivity contribution is 6.31. The van der Waals surface area contributed by atoms with Gasteiger partial charge in [-0.3, -0.25) is 0 Å². The lowest BCUT2D eigenvalue weighted by molar-refractivity contribution is 0.413. The molecule has 104 valence electrons. The monoisotopic (exact) mass is 287 g/mol. The first-order valence-electron chi connectivity index (χ1n) is 6.91. The first-order chi connectivity index (χ1) is 9.78. The van der Waals surface area contributed by atoms with Gasteiger partial charge in [-0.05, 0) is 47.7 Å². The molecule has 0 bridgehead atoms. The summed E-state index contributed by atoms with van der Waals surface area (Å²) in [6.07, 6.45) is 2.26. The second kappa shape index (κ2) is 5.86. The predicted octanol–water partition coefficient (Wildman–Crippen LogP) is 4.13. The van der Waals surface area contributed by atoms with Crippen molar-refractivity contribution in [3.05, 3.63) is 64.2 Å². The Labute approximate surface area is 124 Å². The molecule has 0 spiro atoms. The number of hydrogen-bond donors (Lipinski definition) is 1. The molecule has 3 heteroatoms. The zero-order valence-corrected chi connectivity index (χ0v) is 12.3. The molecule has 0 saturated carbocycles. The second-order valence-electron chi connectivity index (χ2n) is 5.13. The number of nitrogens with one attached hydrogen (secondary N) is 1. The summed E-state index contributed by atoms with van der Waals surface area (Å²) in [7, 11) is 1.71. The van der Waals surface area contributed by atoms with Crippen LogP contribution in [0.5, 0.6) is 5.75 Å². The van der Waals surface area contributed by atoms with E-state index >= 15 is 0 Å². The van der Waals surface area contributed by atoms with E-state index in [4.69, 9.17) is 16.3 Å². The molecule has 0 heterocycles. The van der Waals surface area contributed by atoms with Crippen LogP contribution in [0.4, 0.5) is 0 Å². The molecule has 3 rings (SSSR count). The van der Waals surface area contributed by atoms with Gasteiger partial charge in [0.15, 0.2) is 0 Å². The minimum Gasteiger partial charge on any atom is -0.497 e. The summed E-state index contributed by atoms with van der Waals surface area (Å²) in [5.41, 5.74) is 3.92. The quantitative estimate of drug-likeness (QED) is 0.913. The third-order valence-corrected chi connectivity index (χ3v) is 4.30. The normalized spacial score (nSPS) is 17.0. The van der Waals surface area contributed by atoms with Gasteiger partial charge in [0.25, 0.3) is 0 Å². The minimum absolute atomic E-state index is 0.386. The largest absolute Gasteiger partial charge is 0.497 e. The fraction of sp³-hybridized carbons (Fsp3) is 0.294. The van der Waals surface area contributed by atoms with Crippen LogP contribution >= 0.6 is 11.6 Å². The third-order valence-electron chi connectivity index (χ3n) is 3.93. The molecule has 1 aliphatic rings. The van der Waals surface area contributed by atoms with E-state index in [0.29, 0.717) is 6.04 Å². The Morgan fingerprint density at radius 1 is 1.25 bits per heavy atom. The van der Waals surface area contributed by atoms with Gasteiger partial charge in [0.2, 0.25) is 0 Å². The van der Waals surface area contributed by atoms with Gasteiger partial charge in [-0.25, -0.2) is 0 Å². The second-order valence-corrected chi connectivity index (χ2v) is 5.54. The SMILES string of the molecule is COc1ccc2c(c1)C(NCc1ccccc1Cl)CC2. The van der Waals surface area contributed by atoms with Crippen molar-refractivity contribution in [2.45, 2.75) is 25.4 Å². The van der Waals surface area contributed by atoms with E-state index in [1.165, 1.54) is 11.1 Å². The molecular weight excluding hydrogens is 270 g/mol. The molecule has 2 aromatic rings. The van der Waals surface area contributed by atoms with Crippen LogP contribution in [-0.4, -0.2) is 7.11 Å². The van der Waals surface area contributed by atoms with Gasteiger partial charge < -0.3 is 10.1 Å². The van der Waals surface area contributed by atoms with E-state index in [9.17, 15) is 0 Å². The van der Waals surface area contributed by atoms with E-state index in [-0.39, 0.29) is 0 Å². The molecule has 1 N–H and O–H groups in total. The van der Waals surface area contributed by atoms with Crippen molar-refractivity contribution in [2.24, 2.45) is 0 Å². The summed E-state index contributed by atoms with van der Waals surface area (Å²) < 4.78 is 5.32. The highest BCUT2D eigenvalue weighted by Gasteiger charge is 2.22. The number of rotatable bonds is 4. The average Bonchev–Trinajstić information content (AvgIpc) is 2.88. The molecule has 0 saturated heterocycles. The van der Waals surface area contributed by atoms with Gasteiger partial charge in [-0.2, -0.15) is 0 Å². The van der Waals surface area contributed by atoms with Gasteiger partial charge in [0.05, 0.1) is 7.11 Å². The van der Waals surface area contributed by atoms with E-state index in [2.05, 4.69) is 23.5 Å². The number of methoxy groups -OCH3 is 1. The van der Waals surface area contributed by atoms with Crippen LogP contribution in [0.15, 0.2) is 42.5 Å². The Morgan fingerprint density at radius 2 is 2.10 bits per heavy atom. The van der Waals surface area contributed by atoms with Crippen LogP contribution in [0, 0.1) is 0 Å². The van der Waals surface area contributed by atoms with Crippen molar-refractivity contribution in [2.75, 3.05) is 7.11 Å². The smallest absolute Gasteiger partial charge is 0.119 e. The fourth-order valence-corrected chi connectivity index (χ4v) is 3.00. The maximum atomic E-state index is 6.20. The number of ether oxygens (including phenoxy) is 1. The van der Waals surface area contributed by atoms with E-state index in [1.54, 1.807) is 7.11 Å². The molecule has 2 aromatic carbocycles. The summed E-state index contributed by atoms with van der Waals surface area (Å²) in [6.45, 7) is 0.793. The molecule has 0 aliphatic heterocycles. The lowest BCUT2D eigenvalue weighted by Gasteiger charge is -2.15. The Hall–Kier alpha value is -1.51. The molecule has 2 nitrogen and oxygen atoms in total. The van der Waals surface area contributed by atoms with Crippen molar-refractivity contribution in [3.8, 4) is 5.75 Å². The number of fused-ring (bicyclic) bond motifs is 1. The maximum absolute atomic E-state index is 6.20. The van der Waals surface area contributed by atoms with Gasteiger partial charge in [0, 0.05) is 17.6 Å². The Bertz CT molecular complexity index is 612. The third kappa shape index (κ3) is 2.67. The zero-order valence-electron chi connectivity index (χ0n) is 11.5. The lowest BCUT2D eigenvalue weighted by atomic mass is 10.1. The first kappa shape index (κ1) is 13.5. The summed E-state index contributed by atoms with van der Waals surface area (Å²) in [6, 6.07) is 14.7. The maximum Gasteiger partial charge on any atom is 0.119 e. The molecule has 0 fully saturated rings. The van der Waals surface area contributed by atoms with E-state index < -0.39 is 0 Å². The molecular formula is C17H18ClNO. The van der Waals surface area contributed by atoms with Crippen LogP contribution in [0.3, 0.4) is 0 Å². The van der Waals surface area contributed by atoms with Crippen molar-refractivity contribution >= 4 is 11.6 Å². The van der Waals surface area contributed by atoms with Crippen molar-refractivity contribution in [3.63, 3.8) is 0 Å². The van der Waals surface area contributed by atoms with Crippen LogP contribution in [0.2, 0.25) is 5.02 Å². The molecule has 0 aromatic heterocycles. The molecule has 0 amide bonds. The van der Waals surface area contributed by atoms with Gasteiger partial charge in [0.1, 0.15) is 5.75 Å². The number of aryl methyl sites for hydroxylation is 1. The molecule has 1 atom stereocenters. The topological polar surface area (TPSA) is 21.3 Å². The predicted molar refractivity (Wildman–Crippen MR) is 82.3 cm³/mol. The first-order valence-corrected chi connectivity index (χ1v) is 7.29. The molecule has 0 radical (unpaired) electrons. The Balaban J connectivity index is 1.73. The van der Waals surface area contributed by atoms with E-state index in [1.807, 2.05) is 24.3 Å². The van der Waals surface area contributed by atoms with Crippen LogP contribution in [0.1, 0.15) is 29.2 Å².